The lowest BCUT2D eigenvalue weighted by atomic mass is 9.84. The van der Waals surface area contributed by atoms with Gasteiger partial charge in [0.2, 0.25) is 6.41 Å². The second kappa shape index (κ2) is 45.9. The molecule has 4 aromatic carbocycles. The van der Waals surface area contributed by atoms with Gasteiger partial charge in [0, 0.05) is 78.9 Å². The maximum Gasteiger partial charge on any atom is 0.334 e. The Morgan fingerprint density at radius 1 is 0.778 bits per heavy atom. The number of ketones is 1. The van der Waals surface area contributed by atoms with E-state index in [4.69, 9.17) is 30.6 Å². The third-order valence-corrected chi connectivity index (χ3v) is 15.9. The Morgan fingerprint density at radius 3 is 1.92 bits per heavy atom. The maximum absolute atomic E-state index is 13.8. The fourth-order valence-corrected chi connectivity index (χ4v) is 10.6. The van der Waals surface area contributed by atoms with E-state index in [2.05, 4.69) is 101 Å². The van der Waals surface area contributed by atoms with Crippen molar-refractivity contribution in [1.29, 1.82) is 0 Å². The molecule has 5 rings (SSSR count). The van der Waals surface area contributed by atoms with Crippen molar-refractivity contribution in [3.05, 3.63) is 123 Å². The largest absolute Gasteiger partial charge is 0.493 e. The topological polar surface area (TPSA) is 123 Å². The molecule has 3 atom stereocenters. The first-order valence-corrected chi connectivity index (χ1v) is 33.9. The van der Waals surface area contributed by atoms with Gasteiger partial charge >= 0.3 is 5.97 Å². The molecule has 0 aliphatic carbocycles. The zero-order valence-electron chi connectivity index (χ0n) is 59.9. The van der Waals surface area contributed by atoms with Gasteiger partial charge in [-0.2, -0.15) is 0 Å². The van der Waals surface area contributed by atoms with Crippen LogP contribution in [0.15, 0.2) is 89.6 Å². The van der Waals surface area contributed by atoms with Crippen molar-refractivity contribution in [3.8, 4) is 11.5 Å². The molecule has 11 nitrogen and oxygen atoms in total. The average Bonchev–Trinajstić information content (AvgIpc) is 1.54. The molecule has 0 saturated carbocycles. The normalized spacial score (nSPS) is 13.0. The summed E-state index contributed by atoms with van der Waals surface area (Å²) in [5.41, 5.74) is 9.38. The number of aldehydes is 1. The summed E-state index contributed by atoms with van der Waals surface area (Å²) in [4.78, 5) is 62.8. The minimum atomic E-state index is -0.616. The highest BCUT2D eigenvalue weighted by molar-refractivity contribution is 6.33. The Balaban J connectivity index is 0.00000143. The number of likely N-dealkylation sites (N-methyl/N-ethyl adjacent to an activating group) is 1. The molecule has 0 saturated heterocycles. The van der Waals surface area contributed by atoms with Crippen LogP contribution in [0.3, 0.4) is 0 Å². The van der Waals surface area contributed by atoms with Crippen LogP contribution in [0.4, 0.5) is 10.1 Å². The molecule has 0 bridgehead atoms. The number of esters is 1. The van der Waals surface area contributed by atoms with Crippen LogP contribution in [0.5, 0.6) is 11.5 Å². The van der Waals surface area contributed by atoms with Crippen LogP contribution in [0, 0.1) is 24.6 Å². The van der Waals surface area contributed by atoms with Gasteiger partial charge in [-0.05, 0) is 175 Å². The molecule has 504 valence electrons. The first kappa shape index (κ1) is 83.7. The van der Waals surface area contributed by atoms with E-state index in [1.165, 1.54) is 54.5 Å². The number of para-hydroxylation sites is 1. The van der Waals surface area contributed by atoms with Gasteiger partial charge in [0.05, 0.1) is 12.3 Å². The zero-order valence-corrected chi connectivity index (χ0v) is 60.7. The summed E-state index contributed by atoms with van der Waals surface area (Å²) < 4.78 is 31.8. The quantitative estimate of drug-likeness (QED) is 0.0237. The number of fused-ring (bicyclic) bond motifs is 1. The van der Waals surface area contributed by atoms with Gasteiger partial charge in [-0.1, -0.05) is 170 Å². The van der Waals surface area contributed by atoms with Gasteiger partial charge in [-0.3, -0.25) is 14.4 Å². The van der Waals surface area contributed by atoms with Crippen LogP contribution in [0.2, 0.25) is 5.02 Å². The van der Waals surface area contributed by atoms with E-state index in [1.807, 2.05) is 102 Å². The van der Waals surface area contributed by atoms with E-state index in [9.17, 15) is 23.6 Å². The molecule has 0 aromatic heterocycles. The summed E-state index contributed by atoms with van der Waals surface area (Å²) in [6.45, 7) is 43.5. The molecule has 1 heterocycles. The van der Waals surface area contributed by atoms with E-state index >= 15 is 0 Å². The number of halogens is 2. The van der Waals surface area contributed by atoms with E-state index in [0.717, 1.165) is 127 Å². The third kappa shape index (κ3) is 28.5. The van der Waals surface area contributed by atoms with Crippen molar-refractivity contribution < 1.29 is 42.6 Å². The highest BCUT2D eigenvalue weighted by Gasteiger charge is 2.27. The Kier molecular flexibility index (Phi) is 42.7. The molecule has 0 fully saturated rings. The summed E-state index contributed by atoms with van der Waals surface area (Å²) in [7, 11) is 3.80. The fourth-order valence-electron chi connectivity index (χ4n) is 10.4. The van der Waals surface area contributed by atoms with Gasteiger partial charge in [-0.15, -0.1) is 0 Å². The number of hydrogen-bond donors (Lipinski definition) is 0. The number of benzene rings is 4. The molecule has 2 amide bonds. The third-order valence-electron chi connectivity index (χ3n) is 15.6. The Labute approximate surface area is 550 Å². The van der Waals surface area contributed by atoms with Gasteiger partial charge in [-0.25, -0.2) is 9.18 Å². The van der Waals surface area contributed by atoms with Crippen molar-refractivity contribution in [2.24, 2.45) is 11.8 Å². The van der Waals surface area contributed by atoms with Crippen molar-refractivity contribution in [1.82, 2.24) is 9.80 Å². The number of carbonyl (C=O) groups excluding carboxylic acids is 5. The van der Waals surface area contributed by atoms with Gasteiger partial charge in [0.15, 0.2) is 6.61 Å². The molecule has 3 unspecified atom stereocenters. The summed E-state index contributed by atoms with van der Waals surface area (Å²) in [6.07, 6.45) is 16.2. The summed E-state index contributed by atoms with van der Waals surface area (Å²) in [5, 5.41) is 2.35. The number of hydrogen-bond acceptors (Lipinski definition) is 9. The average molecular weight is 1270 g/mol. The molecular weight excluding hydrogens is 1150 g/mol. The van der Waals surface area contributed by atoms with E-state index in [1.54, 1.807) is 13.1 Å². The molecule has 0 radical (unpaired) electrons. The summed E-state index contributed by atoms with van der Waals surface area (Å²) in [5.74, 6) is 2.65. The van der Waals surface area contributed by atoms with Crippen LogP contribution in [0.1, 0.15) is 243 Å². The Morgan fingerprint density at radius 2 is 1.39 bits per heavy atom. The van der Waals surface area contributed by atoms with Crippen molar-refractivity contribution in [2.45, 2.75) is 233 Å². The molecule has 1 aliphatic rings. The predicted octanol–water partition coefficient (Wildman–Crippen LogP) is 20.6. The molecular formula is C77H119ClFN3O8. The molecule has 0 spiro atoms. The van der Waals surface area contributed by atoms with Crippen molar-refractivity contribution in [3.63, 3.8) is 0 Å². The van der Waals surface area contributed by atoms with Gasteiger partial charge in [0.1, 0.15) is 35.0 Å². The fraction of sp³-hybridized carbons (Fsp3) is 0.571. The molecule has 0 N–H and O–H groups in total. The maximum atomic E-state index is 13.8. The number of nitrogens with zero attached hydrogens (tertiary/aromatic N) is 3. The summed E-state index contributed by atoms with van der Waals surface area (Å²) in [6, 6.07) is 20.1. The van der Waals surface area contributed by atoms with Crippen molar-refractivity contribution >= 4 is 69.6 Å². The zero-order chi connectivity index (χ0) is 68.7. The van der Waals surface area contributed by atoms with Gasteiger partial charge in [0.25, 0.3) is 5.91 Å². The lowest BCUT2D eigenvalue weighted by Crippen LogP contribution is -2.36. The first-order valence-electron chi connectivity index (χ1n) is 33.6. The molecule has 13 heteroatoms. The number of rotatable bonds is 28. The number of Topliss-reactive ketones (excluding diaryl/α,β-unsaturated/α-hetero) is 1. The SMILES string of the molecule is CC.CC=O.CCC/C(C(=O)OC(C)(C)C)=C(/CCCOc1cccc2cc(F)ccc12)c1ccc(Cl)c(C2=C(C)N(C)CC=C2C)c1C.CCCC(C)C(=O)CC.CCCC(C)CC.CCCN(CCC)C(=O)COc1cccc(C(C)CC)c1N(C)C=O. The van der Waals surface area contributed by atoms with Gasteiger partial charge < -0.3 is 33.7 Å². The molecule has 4 aromatic rings. The number of amides is 2. The standard InChI is InChI=1S/C38H45ClFNO3.C20H32N2O3.C8H16O.C7H16.C2H4O.C2H6/c1-9-12-32(37(42)44-38(5,6)7)31(14-11-22-43-34-15-10-13-27-23-28(40)16-17-30(27)34)29-18-19-33(39)36(25(29)3)35-24(2)20-21-41(8)26(35)4;1-6-12-22(13-7-2)19(24)14-25-18-11-9-10-17(16(4)8-3)20(18)21(5)15-23;1-4-6-7(3)8(9)5-2;1-4-6-7(3)5-2;1-2-3;1-2/h10,13,15-20,23H,9,11-12,14,21-22H2,1-8H3;9-11,15-16H,6-8,12-14H2,1-5H3;7H,4-6H2,1-3H3;7H,4-6H2,1-3H3;2H,1H3;1-2H3/b32-31+;;;;;. The summed E-state index contributed by atoms with van der Waals surface area (Å²) >= 11 is 6.93. The van der Waals surface area contributed by atoms with Crippen LogP contribution in [-0.2, 0) is 28.7 Å². The lowest BCUT2D eigenvalue weighted by molar-refractivity contribution is -0.150. The van der Waals surface area contributed by atoms with E-state index < -0.39 is 5.60 Å². The van der Waals surface area contributed by atoms with Crippen molar-refractivity contribution in [2.75, 3.05) is 51.8 Å². The Bertz CT molecular complexity index is 2880. The van der Waals surface area contributed by atoms with E-state index in [-0.39, 0.29) is 24.3 Å². The molecule has 1 aliphatic heterocycles. The number of carbonyl (C=O) groups is 5. The highest BCUT2D eigenvalue weighted by Crippen LogP contribution is 2.42. The highest BCUT2D eigenvalue weighted by atomic mass is 35.5. The van der Waals surface area contributed by atoms with E-state index in [0.29, 0.717) is 72.0 Å². The van der Waals surface area contributed by atoms with Crippen LogP contribution in [-0.4, -0.2) is 92.7 Å². The second-order valence-corrected chi connectivity index (χ2v) is 24.4. The Hall–Kier alpha value is -6.27. The lowest BCUT2D eigenvalue weighted by Gasteiger charge is -2.30. The number of allylic oxidation sites excluding steroid dienone is 4. The second-order valence-electron chi connectivity index (χ2n) is 24.0. The number of ether oxygens (including phenoxy) is 3. The molecule has 90 heavy (non-hydrogen) atoms. The monoisotopic (exact) mass is 1270 g/mol. The first-order chi connectivity index (χ1) is 42.8. The smallest absolute Gasteiger partial charge is 0.334 e. The minimum absolute atomic E-state index is 0.0103. The van der Waals surface area contributed by atoms with Crippen LogP contribution >= 0.6 is 11.6 Å². The minimum Gasteiger partial charge on any atom is -0.493 e. The van der Waals surface area contributed by atoms with Crippen LogP contribution < -0.4 is 14.4 Å². The predicted molar refractivity (Wildman–Crippen MR) is 381 cm³/mol. The number of anilines is 1. The van der Waals surface area contributed by atoms with Crippen LogP contribution in [0.25, 0.3) is 21.9 Å².